The van der Waals surface area contributed by atoms with Crippen LogP contribution in [0.2, 0.25) is 0 Å². The van der Waals surface area contributed by atoms with Gasteiger partial charge in [0, 0.05) is 11.3 Å². The molecule has 0 radical (unpaired) electrons. The van der Waals surface area contributed by atoms with Crippen LogP contribution < -0.4 is 11.5 Å². The van der Waals surface area contributed by atoms with Crippen LogP contribution in [0.25, 0.3) is 0 Å². The molecular formula is C9H10N2O2. The van der Waals surface area contributed by atoms with Crippen LogP contribution in [0.4, 0.5) is 5.69 Å². The van der Waals surface area contributed by atoms with Gasteiger partial charge in [-0.15, -0.1) is 0 Å². The SMILES string of the molecule is NC(=O)Cc1cccc(C=O)c1N. The van der Waals surface area contributed by atoms with Gasteiger partial charge >= 0.3 is 0 Å². The lowest BCUT2D eigenvalue weighted by molar-refractivity contribution is -0.117. The fourth-order valence-corrected chi connectivity index (χ4v) is 1.08. The number of primary amides is 1. The molecule has 0 unspecified atom stereocenters. The van der Waals surface area contributed by atoms with Crippen LogP contribution in [0, 0.1) is 0 Å². The Hall–Kier alpha value is -1.84. The molecule has 0 heterocycles. The first-order valence-electron chi connectivity index (χ1n) is 3.76. The van der Waals surface area contributed by atoms with E-state index in [9.17, 15) is 9.59 Å². The second-order valence-corrected chi connectivity index (χ2v) is 2.68. The van der Waals surface area contributed by atoms with Crippen LogP contribution >= 0.6 is 0 Å². The third-order valence-electron chi connectivity index (χ3n) is 1.72. The summed E-state index contributed by atoms with van der Waals surface area (Å²) in [6.45, 7) is 0. The molecule has 4 nitrogen and oxygen atoms in total. The monoisotopic (exact) mass is 178 g/mol. The van der Waals surface area contributed by atoms with E-state index in [0.717, 1.165) is 0 Å². The van der Waals surface area contributed by atoms with Crippen molar-refractivity contribution in [3.63, 3.8) is 0 Å². The number of carbonyl (C=O) groups is 2. The lowest BCUT2D eigenvalue weighted by Gasteiger charge is -2.04. The first kappa shape index (κ1) is 9.25. The Labute approximate surface area is 75.5 Å². The fourth-order valence-electron chi connectivity index (χ4n) is 1.08. The molecule has 0 bridgehead atoms. The van der Waals surface area contributed by atoms with E-state index in [1.54, 1.807) is 18.2 Å². The molecule has 0 spiro atoms. The standard InChI is InChI=1S/C9H10N2O2/c10-8(13)4-6-2-1-3-7(5-12)9(6)11/h1-3,5H,4,11H2,(H2,10,13). The van der Waals surface area contributed by atoms with Gasteiger partial charge in [0.05, 0.1) is 6.42 Å². The number of aldehydes is 1. The van der Waals surface area contributed by atoms with Crippen LogP contribution in [0.1, 0.15) is 15.9 Å². The number of nitrogens with two attached hydrogens (primary N) is 2. The highest BCUT2D eigenvalue weighted by Gasteiger charge is 2.05. The summed E-state index contributed by atoms with van der Waals surface area (Å²) in [6.07, 6.45) is 0.716. The zero-order valence-corrected chi connectivity index (χ0v) is 6.99. The van der Waals surface area contributed by atoms with Gasteiger partial charge in [-0.1, -0.05) is 12.1 Å². The minimum atomic E-state index is -0.463. The third kappa shape index (κ3) is 2.05. The van der Waals surface area contributed by atoms with Crippen molar-refractivity contribution >= 4 is 17.9 Å². The van der Waals surface area contributed by atoms with Gasteiger partial charge in [-0.05, 0) is 11.6 Å². The van der Waals surface area contributed by atoms with Gasteiger partial charge < -0.3 is 11.5 Å². The maximum absolute atomic E-state index is 10.6. The average Bonchev–Trinajstić information content (AvgIpc) is 2.08. The van der Waals surface area contributed by atoms with Crippen molar-refractivity contribution in [1.82, 2.24) is 0 Å². The highest BCUT2D eigenvalue weighted by molar-refractivity contribution is 5.87. The first-order valence-corrected chi connectivity index (χ1v) is 3.76. The van der Waals surface area contributed by atoms with Crippen LogP contribution in [0.5, 0.6) is 0 Å². The van der Waals surface area contributed by atoms with Gasteiger partial charge in [-0.2, -0.15) is 0 Å². The fraction of sp³-hybridized carbons (Fsp3) is 0.111. The Bertz CT molecular complexity index is 347. The van der Waals surface area contributed by atoms with Gasteiger partial charge in [0.1, 0.15) is 0 Å². The van der Waals surface area contributed by atoms with Crippen molar-refractivity contribution < 1.29 is 9.59 Å². The Morgan fingerprint density at radius 2 is 2.15 bits per heavy atom. The molecule has 0 aliphatic heterocycles. The van der Waals surface area contributed by atoms with Gasteiger partial charge in [0.2, 0.25) is 5.91 Å². The number of carbonyl (C=O) groups excluding carboxylic acids is 2. The molecule has 0 fully saturated rings. The molecular weight excluding hydrogens is 168 g/mol. The predicted molar refractivity (Wildman–Crippen MR) is 49.1 cm³/mol. The quantitative estimate of drug-likeness (QED) is 0.508. The molecule has 1 aromatic carbocycles. The van der Waals surface area contributed by atoms with Crippen molar-refractivity contribution in [3.8, 4) is 0 Å². The van der Waals surface area contributed by atoms with Gasteiger partial charge in [-0.3, -0.25) is 9.59 Å². The molecule has 0 atom stereocenters. The molecule has 0 aliphatic carbocycles. The number of hydrogen-bond donors (Lipinski definition) is 2. The number of amides is 1. The normalized spacial score (nSPS) is 9.54. The summed E-state index contributed by atoms with van der Waals surface area (Å²) in [7, 11) is 0. The molecule has 13 heavy (non-hydrogen) atoms. The lowest BCUT2D eigenvalue weighted by atomic mass is 10.1. The molecule has 4 heteroatoms. The molecule has 68 valence electrons. The minimum absolute atomic E-state index is 0.0630. The summed E-state index contributed by atoms with van der Waals surface area (Å²) in [6, 6.07) is 4.93. The van der Waals surface area contributed by atoms with E-state index in [4.69, 9.17) is 11.5 Å². The Morgan fingerprint density at radius 1 is 1.46 bits per heavy atom. The molecule has 0 saturated heterocycles. The zero-order chi connectivity index (χ0) is 9.84. The van der Waals surface area contributed by atoms with Gasteiger partial charge in [0.25, 0.3) is 0 Å². The van der Waals surface area contributed by atoms with Crippen molar-refractivity contribution in [2.24, 2.45) is 5.73 Å². The molecule has 0 aromatic heterocycles. The summed E-state index contributed by atoms with van der Waals surface area (Å²) in [5.74, 6) is -0.463. The van der Waals surface area contributed by atoms with Crippen molar-refractivity contribution in [2.75, 3.05) is 5.73 Å². The summed E-state index contributed by atoms with van der Waals surface area (Å²) < 4.78 is 0. The second kappa shape index (κ2) is 3.71. The summed E-state index contributed by atoms with van der Waals surface area (Å²) in [5, 5.41) is 0. The molecule has 4 N–H and O–H groups in total. The lowest BCUT2D eigenvalue weighted by Crippen LogP contribution is -2.15. The smallest absolute Gasteiger partial charge is 0.221 e. The van der Waals surface area contributed by atoms with Crippen molar-refractivity contribution in [3.05, 3.63) is 29.3 Å². The number of anilines is 1. The molecule has 1 rings (SSSR count). The van der Waals surface area contributed by atoms with Crippen LogP contribution in [0.3, 0.4) is 0 Å². The Kier molecular flexibility index (Phi) is 2.64. The molecule has 0 saturated carbocycles. The van der Waals surface area contributed by atoms with E-state index in [-0.39, 0.29) is 6.42 Å². The topological polar surface area (TPSA) is 86.2 Å². The van der Waals surface area contributed by atoms with Crippen LogP contribution in [-0.2, 0) is 11.2 Å². The van der Waals surface area contributed by atoms with Crippen LogP contribution in [-0.4, -0.2) is 12.2 Å². The Balaban J connectivity index is 3.07. The molecule has 1 aromatic rings. The van der Waals surface area contributed by atoms with Crippen LogP contribution in [0.15, 0.2) is 18.2 Å². The maximum Gasteiger partial charge on any atom is 0.221 e. The van der Waals surface area contributed by atoms with Crippen molar-refractivity contribution in [2.45, 2.75) is 6.42 Å². The predicted octanol–water partition coefficient (Wildman–Crippen LogP) is 0.109. The number of hydrogen-bond acceptors (Lipinski definition) is 3. The average molecular weight is 178 g/mol. The highest BCUT2D eigenvalue weighted by Crippen LogP contribution is 2.15. The van der Waals surface area contributed by atoms with E-state index in [1.807, 2.05) is 0 Å². The first-order chi connectivity index (χ1) is 6.15. The summed E-state index contributed by atoms with van der Waals surface area (Å²) in [4.78, 5) is 21.1. The third-order valence-corrected chi connectivity index (χ3v) is 1.72. The summed E-state index contributed by atoms with van der Waals surface area (Å²) in [5.41, 5.74) is 11.9. The van der Waals surface area contributed by atoms with E-state index < -0.39 is 5.91 Å². The second-order valence-electron chi connectivity index (χ2n) is 2.68. The van der Waals surface area contributed by atoms with Gasteiger partial charge in [-0.25, -0.2) is 0 Å². The minimum Gasteiger partial charge on any atom is -0.398 e. The van der Waals surface area contributed by atoms with E-state index in [1.165, 1.54) is 0 Å². The van der Waals surface area contributed by atoms with Crippen molar-refractivity contribution in [1.29, 1.82) is 0 Å². The van der Waals surface area contributed by atoms with E-state index >= 15 is 0 Å². The molecule has 1 amide bonds. The van der Waals surface area contributed by atoms with E-state index in [0.29, 0.717) is 23.1 Å². The van der Waals surface area contributed by atoms with Gasteiger partial charge in [0.15, 0.2) is 6.29 Å². The number of rotatable bonds is 3. The number of benzene rings is 1. The number of nitrogen functional groups attached to an aromatic ring is 1. The zero-order valence-electron chi connectivity index (χ0n) is 6.99. The van der Waals surface area contributed by atoms with E-state index in [2.05, 4.69) is 0 Å². The Morgan fingerprint density at radius 3 is 2.69 bits per heavy atom. The maximum atomic E-state index is 10.6. The molecule has 0 aliphatic rings. The summed E-state index contributed by atoms with van der Waals surface area (Å²) >= 11 is 0. The highest BCUT2D eigenvalue weighted by atomic mass is 16.1. The largest absolute Gasteiger partial charge is 0.398 e. The number of para-hydroxylation sites is 1.